The number of amides is 1. The molecule has 0 bridgehead atoms. The molecule has 1 N–H and O–H groups in total. The zero-order valence-electron chi connectivity index (χ0n) is 11.0. The Morgan fingerprint density at radius 3 is 2.95 bits per heavy atom. The lowest BCUT2D eigenvalue weighted by Gasteiger charge is -2.07. The fourth-order valence-corrected chi connectivity index (χ4v) is 3.01. The molecule has 106 valence electrons. The van der Waals surface area contributed by atoms with Crippen LogP contribution >= 0.6 is 23.1 Å². The first-order chi connectivity index (χ1) is 9.54. The van der Waals surface area contributed by atoms with Gasteiger partial charge in [0.05, 0.1) is 5.75 Å². The van der Waals surface area contributed by atoms with Gasteiger partial charge in [-0.15, -0.1) is 10.2 Å². The van der Waals surface area contributed by atoms with Crippen molar-refractivity contribution in [2.45, 2.75) is 4.34 Å². The minimum atomic E-state index is -0.314. The zero-order chi connectivity index (χ0) is 14.5. The molecule has 1 heterocycles. The van der Waals surface area contributed by atoms with Crippen molar-refractivity contribution in [1.29, 1.82) is 0 Å². The van der Waals surface area contributed by atoms with E-state index in [2.05, 4.69) is 15.5 Å². The number of nitrogens with zero attached hydrogens (tertiary/aromatic N) is 3. The summed E-state index contributed by atoms with van der Waals surface area (Å²) in [5, 5.41) is 11.5. The summed E-state index contributed by atoms with van der Waals surface area (Å²) in [6.07, 6.45) is 0. The van der Waals surface area contributed by atoms with Crippen LogP contribution in [0.4, 0.5) is 15.2 Å². The minimum absolute atomic E-state index is 0.0184. The van der Waals surface area contributed by atoms with Crippen LogP contribution in [0.5, 0.6) is 0 Å². The van der Waals surface area contributed by atoms with E-state index in [1.807, 2.05) is 0 Å². The summed E-state index contributed by atoms with van der Waals surface area (Å²) in [6, 6.07) is 6.11. The molecule has 1 amide bonds. The average Bonchev–Trinajstić information content (AvgIpc) is 2.83. The lowest BCUT2D eigenvalue weighted by atomic mass is 10.3. The Kier molecular flexibility index (Phi) is 4.91. The van der Waals surface area contributed by atoms with Crippen molar-refractivity contribution in [1.82, 2.24) is 15.1 Å². The number of hydrogen-bond donors (Lipinski definition) is 1. The van der Waals surface area contributed by atoms with E-state index in [-0.39, 0.29) is 11.7 Å². The highest BCUT2D eigenvalue weighted by Crippen LogP contribution is 2.27. The molecule has 8 heteroatoms. The second-order valence-electron chi connectivity index (χ2n) is 4.09. The van der Waals surface area contributed by atoms with Gasteiger partial charge in [-0.2, -0.15) is 0 Å². The fourth-order valence-electron chi connectivity index (χ4n) is 1.26. The smallest absolute Gasteiger partial charge is 0.232 e. The van der Waals surface area contributed by atoms with Gasteiger partial charge in [-0.25, -0.2) is 4.39 Å². The molecule has 0 aliphatic carbocycles. The number of aromatic nitrogens is 2. The number of thioether (sulfide) groups is 1. The van der Waals surface area contributed by atoms with Gasteiger partial charge in [-0.1, -0.05) is 29.2 Å². The predicted molar refractivity (Wildman–Crippen MR) is 79.0 cm³/mol. The normalized spacial score (nSPS) is 10.3. The zero-order valence-corrected chi connectivity index (χ0v) is 12.6. The van der Waals surface area contributed by atoms with Crippen LogP contribution in [0.1, 0.15) is 0 Å². The van der Waals surface area contributed by atoms with Crippen molar-refractivity contribution in [2.24, 2.45) is 0 Å². The van der Waals surface area contributed by atoms with E-state index < -0.39 is 0 Å². The molecule has 1 aromatic heterocycles. The average molecular weight is 312 g/mol. The Balaban J connectivity index is 1.94. The summed E-state index contributed by atoms with van der Waals surface area (Å²) in [6.45, 7) is 0. The van der Waals surface area contributed by atoms with Gasteiger partial charge in [-0.05, 0) is 18.2 Å². The van der Waals surface area contributed by atoms with Gasteiger partial charge < -0.3 is 10.2 Å². The van der Waals surface area contributed by atoms with Crippen LogP contribution in [-0.4, -0.2) is 40.9 Å². The van der Waals surface area contributed by atoms with E-state index in [0.717, 1.165) is 0 Å². The lowest BCUT2D eigenvalue weighted by Crippen LogP contribution is -2.23. The SMILES string of the molecule is CN(C)C(=O)CSc1nnc(Nc2cccc(F)c2)s1. The van der Waals surface area contributed by atoms with E-state index in [1.54, 1.807) is 26.2 Å². The van der Waals surface area contributed by atoms with Crippen molar-refractivity contribution < 1.29 is 9.18 Å². The molecule has 0 radical (unpaired) electrons. The third-order valence-electron chi connectivity index (χ3n) is 2.30. The summed E-state index contributed by atoms with van der Waals surface area (Å²) in [7, 11) is 3.42. The van der Waals surface area contributed by atoms with Crippen LogP contribution in [0.2, 0.25) is 0 Å². The molecule has 1 aromatic carbocycles. The minimum Gasteiger partial charge on any atom is -0.348 e. The molecule has 2 aromatic rings. The third kappa shape index (κ3) is 4.17. The Labute approximate surface area is 124 Å². The number of halogens is 1. The first-order valence-corrected chi connectivity index (χ1v) is 7.54. The maximum Gasteiger partial charge on any atom is 0.232 e. The first kappa shape index (κ1) is 14.7. The Morgan fingerprint density at radius 1 is 1.45 bits per heavy atom. The van der Waals surface area contributed by atoms with E-state index in [9.17, 15) is 9.18 Å². The number of carbonyl (C=O) groups is 1. The molecular weight excluding hydrogens is 299 g/mol. The Hall–Kier alpha value is -1.67. The van der Waals surface area contributed by atoms with Gasteiger partial charge in [0.1, 0.15) is 5.82 Å². The summed E-state index contributed by atoms with van der Waals surface area (Å²) in [5.74, 6) is 0.0252. The van der Waals surface area contributed by atoms with Crippen molar-refractivity contribution >= 4 is 39.8 Å². The van der Waals surface area contributed by atoms with E-state index in [0.29, 0.717) is 20.9 Å². The van der Waals surface area contributed by atoms with E-state index >= 15 is 0 Å². The quantitative estimate of drug-likeness (QED) is 0.860. The molecule has 0 saturated carbocycles. The van der Waals surface area contributed by atoms with Crippen molar-refractivity contribution in [2.75, 3.05) is 25.2 Å². The van der Waals surface area contributed by atoms with Crippen LogP contribution in [-0.2, 0) is 4.79 Å². The maximum atomic E-state index is 13.0. The molecule has 0 unspecified atom stereocenters. The lowest BCUT2D eigenvalue weighted by molar-refractivity contribution is -0.125. The molecule has 0 saturated heterocycles. The molecule has 0 fully saturated rings. The maximum absolute atomic E-state index is 13.0. The van der Waals surface area contributed by atoms with E-state index in [1.165, 1.54) is 40.1 Å². The predicted octanol–water partition coefficient (Wildman–Crippen LogP) is 2.60. The van der Waals surface area contributed by atoms with Crippen molar-refractivity contribution in [3.05, 3.63) is 30.1 Å². The highest BCUT2D eigenvalue weighted by atomic mass is 32.2. The number of benzene rings is 1. The second kappa shape index (κ2) is 6.67. The van der Waals surface area contributed by atoms with Crippen LogP contribution in [0.3, 0.4) is 0 Å². The van der Waals surface area contributed by atoms with Gasteiger partial charge in [0.15, 0.2) is 4.34 Å². The molecule has 0 aliphatic heterocycles. The molecule has 20 heavy (non-hydrogen) atoms. The second-order valence-corrected chi connectivity index (χ2v) is 6.29. The van der Waals surface area contributed by atoms with Gasteiger partial charge in [-0.3, -0.25) is 4.79 Å². The van der Waals surface area contributed by atoms with Gasteiger partial charge >= 0.3 is 0 Å². The number of anilines is 2. The Bertz CT molecular complexity index is 603. The topological polar surface area (TPSA) is 58.1 Å². The molecule has 0 spiro atoms. The number of nitrogens with one attached hydrogen (secondary N) is 1. The summed E-state index contributed by atoms with van der Waals surface area (Å²) >= 11 is 2.65. The van der Waals surface area contributed by atoms with Crippen LogP contribution in [0.25, 0.3) is 0 Å². The highest BCUT2D eigenvalue weighted by Gasteiger charge is 2.09. The summed E-state index contributed by atoms with van der Waals surface area (Å²) < 4.78 is 13.7. The third-order valence-corrected chi connectivity index (χ3v) is 4.26. The van der Waals surface area contributed by atoms with E-state index in [4.69, 9.17) is 0 Å². The number of rotatable bonds is 5. The van der Waals surface area contributed by atoms with Crippen molar-refractivity contribution in [3.63, 3.8) is 0 Å². The van der Waals surface area contributed by atoms with Crippen molar-refractivity contribution in [3.8, 4) is 0 Å². The largest absolute Gasteiger partial charge is 0.348 e. The Morgan fingerprint density at radius 2 is 2.25 bits per heavy atom. The molecular formula is C12H13FN4OS2. The number of carbonyl (C=O) groups excluding carboxylic acids is 1. The van der Waals surface area contributed by atoms with Crippen LogP contribution in [0, 0.1) is 5.82 Å². The summed E-state index contributed by atoms with van der Waals surface area (Å²) in [5.41, 5.74) is 0.613. The van der Waals surface area contributed by atoms with Crippen LogP contribution < -0.4 is 5.32 Å². The highest BCUT2D eigenvalue weighted by molar-refractivity contribution is 8.01. The standard InChI is InChI=1S/C12H13FN4OS2/c1-17(2)10(18)7-19-12-16-15-11(20-12)14-9-5-3-4-8(13)6-9/h3-6H,7H2,1-2H3,(H,14,15). The van der Waals surface area contributed by atoms with Gasteiger partial charge in [0.25, 0.3) is 0 Å². The van der Waals surface area contributed by atoms with Crippen LogP contribution in [0.15, 0.2) is 28.6 Å². The monoisotopic (exact) mass is 312 g/mol. The molecule has 0 atom stereocenters. The molecule has 5 nitrogen and oxygen atoms in total. The number of hydrogen-bond acceptors (Lipinski definition) is 6. The summed E-state index contributed by atoms with van der Waals surface area (Å²) in [4.78, 5) is 13.0. The van der Waals surface area contributed by atoms with Gasteiger partial charge in [0.2, 0.25) is 11.0 Å². The first-order valence-electron chi connectivity index (χ1n) is 5.73. The fraction of sp³-hybridized carbons (Fsp3) is 0.250. The molecule has 0 aliphatic rings. The molecule has 2 rings (SSSR count). The van der Waals surface area contributed by atoms with Gasteiger partial charge in [0, 0.05) is 19.8 Å².